The predicted octanol–water partition coefficient (Wildman–Crippen LogP) is 3.56. The Morgan fingerprint density at radius 3 is 2.38 bits per heavy atom. The maximum Gasteiger partial charge on any atom is 0.338 e. The summed E-state index contributed by atoms with van der Waals surface area (Å²) in [7, 11) is 0. The normalized spacial score (nSPS) is 13.7. The summed E-state index contributed by atoms with van der Waals surface area (Å²) in [6, 6.07) is 12.5. The van der Waals surface area contributed by atoms with E-state index < -0.39 is 5.97 Å². The highest BCUT2D eigenvalue weighted by molar-refractivity contribution is 5.93. The molecule has 2 aromatic rings. The van der Waals surface area contributed by atoms with Gasteiger partial charge in [0, 0.05) is 12.6 Å². The van der Waals surface area contributed by atoms with Gasteiger partial charge in [-0.05, 0) is 73.6 Å². The van der Waals surface area contributed by atoms with Crippen LogP contribution in [-0.2, 0) is 27.2 Å². The van der Waals surface area contributed by atoms with E-state index in [2.05, 4.69) is 28.8 Å². The molecule has 2 amide bonds. The lowest BCUT2D eigenvalue weighted by Crippen LogP contribution is -2.31. The highest BCUT2D eigenvalue weighted by Gasteiger charge is 2.16. The van der Waals surface area contributed by atoms with Crippen LogP contribution in [0.2, 0.25) is 0 Å². The molecule has 29 heavy (non-hydrogen) atoms. The second-order valence-corrected chi connectivity index (χ2v) is 7.36. The van der Waals surface area contributed by atoms with E-state index in [0.717, 1.165) is 18.4 Å². The summed E-state index contributed by atoms with van der Waals surface area (Å²) < 4.78 is 5.10. The quantitative estimate of drug-likeness (QED) is 0.734. The molecule has 0 spiro atoms. The first kappa shape index (κ1) is 20.6. The second kappa shape index (κ2) is 9.37. The number of ether oxygens (including phenoxy) is 1. The largest absolute Gasteiger partial charge is 0.452 e. The molecule has 2 aromatic carbocycles. The minimum absolute atomic E-state index is 0.162. The number of amides is 2. The number of benzene rings is 2. The van der Waals surface area contributed by atoms with Crippen molar-refractivity contribution >= 4 is 23.5 Å². The summed E-state index contributed by atoms with van der Waals surface area (Å²) in [5.74, 6) is -1.13. The Bertz CT molecular complexity index is 906. The number of rotatable bonds is 6. The molecule has 3 rings (SSSR count). The maximum atomic E-state index is 12.2. The summed E-state index contributed by atoms with van der Waals surface area (Å²) in [4.78, 5) is 35.3. The summed E-state index contributed by atoms with van der Waals surface area (Å²) in [5, 5.41) is 5.50. The van der Waals surface area contributed by atoms with Gasteiger partial charge in [-0.2, -0.15) is 0 Å². The molecule has 0 saturated carbocycles. The van der Waals surface area contributed by atoms with E-state index >= 15 is 0 Å². The molecule has 0 bridgehead atoms. The summed E-state index contributed by atoms with van der Waals surface area (Å²) in [5.41, 5.74) is 4.72. The van der Waals surface area contributed by atoms with Gasteiger partial charge in [0.05, 0.1) is 11.6 Å². The van der Waals surface area contributed by atoms with E-state index in [0.29, 0.717) is 11.3 Å². The van der Waals surface area contributed by atoms with E-state index in [1.165, 1.54) is 30.9 Å². The Labute approximate surface area is 170 Å². The number of carbonyl (C=O) groups excluding carboxylic acids is 3. The van der Waals surface area contributed by atoms with Crippen LogP contribution >= 0.6 is 0 Å². The van der Waals surface area contributed by atoms with Gasteiger partial charge in [-0.1, -0.05) is 18.2 Å². The zero-order valence-electron chi connectivity index (χ0n) is 16.8. The Hall–Kier alpha value is -3.15. The first-order valence-electron chi connectivity index (χ1n) is 9.88. The van der Waals surface area contributed by atoms with E-state index in [9.17, 15) is 14.4 Å². The van der Waals surface area contributed by atoms with Gasteiger partial charge in [-0.15, -0.1) is 0 Å². The fraction of sp³-hybridized carbons (Fsp3) is 0.348. The molecule has 0 heterocycles. The number of esters is 1. The van der Waals surface area contributed by atoms with Gasteiger partial charge in [0.25, 0.3) is 5.91 Å². The second-order valence-electron chi connectivity index (χ2n) is 7.36. The number of hydrogen-bond donors (Lipinski definition) is 2. The molecule has 1 aliphatic rings. The van der Waals surface area contributed by atoms with Gasteiger partial charge >= 0.3 is 5.97 Å². The first-order chi connectivity index (χ1) is 13.9. The third-order valence-electron chi connectivity index (χ3n) is 5.03. The number of nitrogens with one attached hydrogen (secondary N) is 2. The number of aryl methyl sites for hydroxylation is 2. The molecule has 0 fully saturated rings. The SMILES string of the molecule is CC(=O)Nc1ccc(C(=O)OCC(=O)N[C@@H](C)c2ccc3c(c2)CCCC3)cc1. The number of hydrogen-bond acceptors (Lipinski definition) is 4. The molecule has 1 atom stereocenters. The van der Waals surface area contributed by atoms with Crippen molar-refractivity contribution in [1.82, 2.24) is 5.32 Å². The van der Waals surface area contributed by atoms with Gasteiger partial charge in [0.1, 0.15) is 0 Å². The van der Waals surface area contributed by atoms with E-state index in [-0.39, 0.29) is 24.5 Å². The zero-order chi connectivity index (χ0) is 20.8. The Kier molecular flexibility index (Phi) is 6.65. The summed E-state index contributed by atoms with van der Waals surface area (Å²) >= 11 is 0. The van der Waals surface area contributed by atoms with E-state index in [4.69, 9.17) is 4.74 Å². The van der Waals surface area contributed by atoms with Crippen molar-refractivity contribution in [2.24, 2.45) is 0 Å². The van der Waals surface area contributed by atoms with Crippen LogP contribution in [0.15, 0.2) is 42.5 Å². The van der Waals surface area contributed by atoms with Crippen molar-refractivity contribution in [2.75, 3.05) is 11.9 Å². The molecule has 0 aromatic heterocycles. The van der Waals surface area contributed by atoms with Gasteiger partial charge in [-0.3, -0.25) is 9.59 Å². The molecule has 6 heteroatoms. The summed E-state index contributed by atoms with van der Waals surface area (Å²) in [6.07, 6.45) is 4.65. The molecule has 6 nitrogen and oxygen atoms in total. The Balaban J connectivity index is 1.50. The van der Waals surface area contributed by atoms with Crippen LogP contribution in [-0.4, -0.2) is 24.4 Å². The number of fused-ring (bicyclic) bond motifs is 1. The lowest BCUT2D eigenvalue weighted by Gasteiger charge is -2.20. The highest BCUT2D eigenvalue weighted by Crippen LogP contribution is 2.24. The molecular formula is C23H26N2O4. The van der Waals surface area contributed by atoms with Crippen LogP contribution in [0.4, 0.5) is 5.69 Å². The number of anilines is 1. The molecule has 0 radical (unpaired) electrons. The maximum absolute atomic E-state index is 12.2. The van der Waals surface area contributed by atoms with Crippen LogP contribution in [0.25, 0.3) is 0 Å². The molecule has 0 aliphatic heterocycles. The molecule has 0 unspecified atom stereocenters. The van der Waals surface area contributed by atoms with Crippen molar-refractivity contribution in [2.45, 2.75) is 45.6 Å². The number of carbonyl (C=O) groups is 3. The fourth-order valence-corrected chi connectivity index (χ4v) is 3.50. The van der Waals surface area contributed by atoms with E-state index in [1.807, 2.05) is 6.92 Å². The topological polar surface area (TPSA) is 84.5 Å². The zero-order valence-corrected chi connectivity index (χ0v) is 16.8. The molecule has 0 saturated heterocycles. The predicted molar refractivity (Wildman–Crippen MR) is 111 cm³/mol. The molecular weight excluding hydrogens is 368 g/mol. The highest BCUT2D eigenvalue weighted by atomic mass is 16.5. The lowest BCUT2D eigenvalue weighted by molar-refractivity contribution is -0.124. The van der Waals surface area contributed by atoms with Crippen LogP contribution in [0.1, 0.15) is 59.8 Å². The lowest BCUT2D eigenvalue weighted by atomic mass is 9.89. The third-order valence-corrected chi connectivity index (χ3v) is 5.03. The molecule has 152 valence electrons. The first-order valence-corrected chi connectivity index (χ1v) is 9.88. The Morgan fingerprint density at radius 1 is 1.00 bits per heavy atom. The minimum Gasteiger partial charge on any atom is -0.452 e. The smallest absolute Gasteiger partial charge is 0.338 e. The van der Waals surface area contributed by atoms with Crippen molar-refractivity contribution < 1.29 is 19.1 Å². The van der Waals surface area contributed by atoms with Crippen molar-refractivity contribution in [3.63, 3.8) is 0 Å². The Morgan fingerprint density at radius 2 is 1.69 bits per heavy atom. The van der Waals surface area contributed by atoms with Gasteiger partial charge < -0.3 is 15.4 Å². The van der Waals surface area contributed by atoms with Gasteiger partial charge in [0.15, 0.2) is 6.61 Å². The fourth-order valence-electron chi connectivity index (χ4n) is 3.50. The van der Waals surface area contributed by atoms with Crippen molar-refractivity contribution in [1.29, 1.82) is 0 Å². The van der Waals surface area contributed by atoms with Crippen molar-refractivity contribution in [3.05, 3.63) is 64.7 Å². The van der Waals surface area contributed by atoms with E-state index in [1.54, 1.807) is 24.3 Å². The average Bonchev–Trinajstić information content (AvgIpc) is 2.71. The molecule has 2 N–H and O–H groups in total. The van der Waals surface area contributed by atoms with Gasteiger partial charge in [0.2, 0.25) is 5.91 Å². The van der Waals surface area contributed by atoms with Crippen molar-refractivity contribution in [3.8, 4) is 0 Å². The van der Waals surface area contributed by atoms with Crippen LogP contribution in [0.5, 0.6) is 0 Å². The van der Waals surface area contributed by atoms with Crippen LogP contribution < -0.4 is 10.6 Å². The average molecular weight is 394 g/mol. The third kappa shape index (κ3) is 5.67. The minimum atomic E-state index is -0.587. The monoisotopic (exact) mass is 394 g/mol. The van der Waals surface area contributed by atoms with Gasteiger partial charge in [-0.25, -0.2) is 4.79 Å². The molecule has 1 aliphatic carbocycles. The summed E-state index contributed by atoms with van der Waals surface area (Å²) in [6.45, 7) is 2.98. The van der Waals surface area contributed by atoms with Crippen LogP contribution in [0.3, 0.4) is 0 Å². The standard InChI is InChI=1S/C23H26N2O4/c1-15(19-8-7-17-5-3-4-6-20(17)13-19)24-22(27)14-29-23(28)18-9-11-21(12-10-18)25-16(2)26/h7-13,15H,3-6,14H2,1-2H3,(H,24,27)(H,25,26)/t15-/m0/s1. The van der Waals surface area contributed by atoms with Crippen LogP contribution in [0, 0.1) is 0 Å².